The van der Waals surface area contributed by atoms with Crippen molar-refractivity contribution in [3.8, 4) is 11.5 Å². The molecule has 1 N–H and O–H groups in total. The average Bonchev–Trinajstić information content (AvgIpc) is 3.42. The van der Waals surface area contributed by atoms with Crippen LogP contribution in [-0.2, 0) is 14.3 Å². The van der Waals surface area contributed by atoms with E-state index in [0.29, 0.717) is 38.0 Å². The molecular formula is C24H23ClN2O5S2. The first-order valence-electron chi connectivity index (χ1n) is 10.7. The quantitative estimate of drug-likeness (QED) is 0.399. The predicted molar refractivity (Wildman–Crippen MR) is 137 cm³/mol. The maximum absolute atomic E-state index is 12.9. The van der Waals surface area contributed by atoms with Gasteiger partial charge < -0.3 is 19.5 Å². The Morgan fingerprint density at radius 2 is 2.18 bits per heavy atom. The van der Waals surface area contributed by atoms with Crippen LogP contribution in [0, 0.1) is 0 Å². The molecule has 2 heterocycles. The van der Waals surface area contributed by atoms with Gasteiger partial charge in [0.15, 0.2) is 18.1 Å². The molecule has 0 radical (unpaired) electrons. The number of hydrogen-bond donors (Lipinski definition) is 1. The van der Waals surface area contributed by atoms with Crippen molar-refractivity contribution in [1.82, 2.24) is 4.90 Å². The van der Waals surface area contributed by atoms with Crippen LogP contribution in [0.4, 0.5) is 5.69 Å². The molecular weight excluding hydrogens is 496 g/mol. The van der Waals surface area contributed by atoms with Crippen LogP contribution >= 0.6 is 35.6 Å². The molecule has 0 unspecified atom stereocenters. The number of ether oxygens (including phenoxy) is 3. The molecule has 2 aliphatic rings. The minimum absolute atomic E-state index is 0.0365. The monoisotopic (exact) mass is 518 g/mol. The molecule has 2 saturated heterocycles. The summed E-state index contributed by atoms with van der Waals surface area (Å²) in [5, 5.41) is 3.25. The lowest BCUT2D eigenvalue weighted by Crippen LogP contribution is -2.35. The fourth-order valence-corrected chi connectivity index (χ4v) is 5.07. The summed E-state index contributed by atoms with van der Waals surface area (Å²) in [5.41, 5.74) is 1.34. The molecule has 2 amide bonds. The van der Waals surface area contributed by atoms with E-state index in [9.17, 15) is 9.59 Å². The maximum Gasteiger partial charge on any atom is 0.266 e. The van der Waals surface area contributed by atoms with Gasteiger partial charge in [-0.15, -0.1) is 0 Å². The molecule has 7 nitrogen and oxygen atoms in total. The Hall–Kier alpha value is -2.59. The van der Waals surface area contributed by atoms with E-state index in [1.165, 1.54) is 18.9 Å². The van der Waals surface area contributed by atoms with Crippen LogP contribution in [0.3, 0.4) is 0 Å². The number of nitrogens with one attached hydrogen (secondary N) is 1. The molecule has 4 rings (SSSR count). The highest BCUT2D eigenvalue weighted by molar-refractivity contribution is 8.26. The second-order valence-electron chi connectivity index (χ2n) is 7.68. The van der Waals surface area contributed by atoms with Gasteiger partial charge in [0.1, 0.15) is 4.32 Å². The fraction of sp³-hybridized carbons (Fsp3) is 0.292. The molecule has 178 valence electrons. The number of thiocarbonyl (C=S) groups is 1. The van der Waals surface area contributed by atoms with Crippen LogP contribution < -0.4 is 14.8 Å². The molecule has 1 atom stereocenters. The van der Waals surface area contributed by atoms with E-state index in [1.807, 2.05) is 0 Å². The average molecular weight is 519 g/mol. The minimum atomic E-state index is -0.330. The number of benzene rings is 2. The Bertz CT molecular complexity index is 1130. The zero-order valence-electron chi connectivity index (χ0n) is 18.4. The zero-order chi connectivity index (χ0) is 24.1. The van der Waals surface area contributed by atoms with Crippen LogP contribution in [0.15, 0.2) is 47.4 Å². The van der Waals surface area contributed by atoms with E-state index < -0.39 is 0 Å². The summed E-state index contributed by atoms with van der Waals surface area (Å²) in [6.07, 6.45) is 3.75. The van der Waals surface area contributed by atoms with Crippen molar-refractivity contribution >= 4 is 63.5 Å². The Kier molecular flexibility index (Phi) is 8.10. The molecule has 2 fully saturated rings. The topological polar surface area (TPSA) is 77.1 Å². The molecule has 0 aromatic heterocycles. The van der Waals surface area contributed by atoms with Gasteiger partial charge in [-0.1, -0.05) is 47.7 Å². The van der Waals surface area contributed by atoms with Gasteiger partial charge >= 0.3 is 0 Å². The zero-order valence-corrected chi connectivity index (χ0v) is 20.8. The third-order valence-corrected chi connectivity index (χ3v) is 6.85. The third-order valence-electron chi connectivity index (χ3n) is 5.24. The first kappa shape index (κ1) is 24.5. The molecule has 0 saturated carbocycles. The number of thioether (sulfide) groups is 1. The maximum atomic E-state index is 12.9. The summed E-state index contributed by atoms with van der Waals surface area (Å²) in [4.78, 5) is 27.2. The van der Waals surface area contributed by atoms with Gasteiger partial charge in [-0.3, -0.25) is 14.5 Å². The highest BCUT2D eigenvalue weighted by atomic mass is 35.5. The lowest BCUT2D eigenvalue weighted by atomic mass is 10.1. The highest BCUT2D eigenvalue weighted by Crippen LogP contribution is 2.35. The fourth-order valence-electron chi connectivity index (χ4n) is 3.60. The number of carbonyl (C=O) groups is 2. The van der Waals surface area contributed by atoms with Gasteiger partial charge in [0.25, 0.3) is 11.8 Å². The number of anilines is 1. The Balaban J connectivity index is 1.39. The second kappa shape index (κ2) is 11.2. The van der Waals surface area contributed by atoms with E-state index in [1.54, 1.807) is 53.4 Å². The number of rotatable bonds is 8. The van der Waals surface area contributed by atoms with E-state index in [0.717, 1.165) is 25.0 Å². The van der Waals surface area contributed by atoms with Crippen molar-refractivity contribution in [3.05, 3.63) is 58.0 Å². The van der Waals surface area contributed by atoms with Crippen LogP contribution in [0.25, 0.3) is 6.08 Å². The Labute approximate surface area is 212 Å². The standard InChI is InChI=1S/C24H23ClN2O5S2/c1-30-20-10-15(11-21-23(29)27(24(33)34-21)13-18-6-3-9-31-18)7-8-19(20)32-14-22(28)26-17-5-2-4-16(25)12-17/h2,4-5,7-8,10-12,18H,3,6,9,13-14H2,1H3,(H,26,28)/b21-11-/t18-/m1/s1. The predicted octanol–water partition coefficient (Wildman–Crippen LogP) is 4.75. The van der Waals surface area contributed by atoms with E-state index in [4.69, 9.17) is 38.0 Å². The SMILES string of the molecule is COc1cc(/C=C2\SC(=S)N(C[C@H]3CCCO3)C2=O)ccc1OCC(=O)Nc1cccc(Cl)c1. The number of carbonyl (C=O) groups excluding carboxylic acids is 2. The first-order chi connectivity index (χ1) is 16.4. The number of halogens is 1. The summed E-state index contributed by atoms with van der Waals surface area (Å²) in [6.45, 7) is 1.01. The summed E-state index contributed by atoms with van der Waals surface area (Å²) in [7, 11) is 1.51. The van der Waals surface area contributed by atoms with Gasteiger partial charge in [0.2, 0.25) is 0 Å². The Morgan fingerprint density at radius 3 is 2.91 bits per heavy atom. The first-order valence-corrected chi connectivity index (χ1v) is 12.3. The van der Waals surface area contributed by atoms with E-state index >= 15 is 0 Å². The van der Waals surface area contributed by atoms with Crippen LogP contribution in [-0.4, -0.2) is 54.0 Å². The van der Waals surface area contributed by atoms with Crippen molar-refractivity contribution in [2.45, 2.75) is 18.9 Å². The van der Waals surface area contributed by atoms with Crippen LogP contribution in [0.1, 0.15) is 18.4 Å². The number of methoxy groups -OCH3 is 1. The van der Waals surface area contributed by atoms with Crippen molar-refractivity contribution in [2.75, 3.05) is 32.2 Å². The lowest BCUT2D eigenvalue weighted by molar-refractivity contribution is -0.123. The van der Waals surface area contributed by atoms with Crippen LogP contribution in [0.5, 0.6) is 11.5 Å². The van der Waals surface area contributed by atoms with Gasteiger partial charge in [-0.2, -0.15) is 0 Å². The Morgan fingerprint density at radius 1 is 1.32 bits per heavy atom. The van der Waals surface area contributed by atoms with Gasteiger partial charge in [0, 0.05) is 17.3 Å². The van der Waals surface area contributed by atoms with E-state index in [2.05, 4.69) is 5.32 Å². The summed E-state index contributed by atoms with van der Waals surface area (Å²) < 4.78 is 17.2. The van der Waals surface area contributed by atoms with Crippen molar-refractivity contribution in [3.63, 3.8) is 0 Å². The summed E-state index contributed by atoms with van der Waals surface area (Å²) >= 11 is 12.6. The molecule has 2 aliphatic heterocycles. The minimum Gasteiger partial charge on any atom is -0.493 e. The molecule has 0 spiro atoms. The molecule has 2 aromatic rings. The number of amides is 2. The summed E-state index contributed by atoms with van der Waals surface area (Å²) in [5.74, 6) is 0.400. The summed E-state index contributed by atoms with van der Waals surface area (Å²) in [6, 6.07) is 12.1. The van der Waals surface area contributed by atoms with E-state index in [-0.39, 0.29) is 24.5 Å². The molecule has 0 bridgehead atoms. The number of hydrogen-bond acceptors (Lipinski definition) is 7. The van der Waals surface area contributed by atoms with Crippen molar-refractivity contribution in [1.29, 1.82) is 0 Å². The molecule has 2 aromatic carbocycles. The van der Waals surface area contributed by atoms with Crippen molar-refractivity contribution in [2.24, 2.45) is 0 Å². The normalized spacial score (nSPS) is 19.1. The second-order valence-corrected chi connectivity index (χ2v) is 9.80. The van der Waals surface area contributed by atoms with Gasteiger partial charge in [0.05, 0.1) is 24.7 Å². The highest BCUT2D eigenvalue weighted by Gasteiger charge is 2.34. The molecule has 10 heteroatoms. The molecule has 34 heavy (non-hydrogen) atoms. The lowest BCUT2D eigenvalue weighted by Gasteiger charge is -2.18. The van der Waals surface area contributed by atoms with Gasteiger partial charge in [-0.05, 0) is 54.8 Å². The largest absolute Gasteiger partial charge is 0.493 e. The molecule has 0 aliphatic carbocycles. The number of nitrogens with zero attached hydrogens (tertiary/aromatic N) is 1. The van der Waals surface area contributed by atoms with Gasteiger partial charge in [-0.25, -0.2) is 0 Å². The van der Waals surface area contributed by atoms with Crippen LogP contribution in [0.2, 0.25) is 5.02 Å². The third kappa shape index (κ3) is 6.09. The van der Waals surface area contributed by atoms with Crippen molar-refractivity contribution < 1.29 is 23.8 Å². The smallest absolute Gasteiger partial charge is 0.266 e.